The molecule has 0 aliphatic heterocycles. The van der Waals surface area contributed by atoms with Crippen molar-refractivity contribution in [1.29, 1.82) is 0 Å². The predicted octanol–water partition coefficient (Wildman–Crippen LogP) is 2.69. The zero-order valence-corrected chi connectivity index (χ0v) is 11.3. The molecule has 0 saturated heterocycles. The van der Waals surface area contributed by atoms with Crippen LogP contribution in [0.3, 0.4) is 0 Å². The Labute approximate surface area is 102 Å². The number of hydrogen-bond donors (Lipinski definition) is 1. The van der Waals surface area contributed by atoms with Gasteiger partial charge in [0.1, 0.15) is 0 Å². The maximum Gasteiger partial charge on any atom is 0.270 e. The molecular formula is C11H14BrFN2O. The molecule has 0 aromatic carbocycles. The van der Waals surface area contributed by atoms with E-state index in [4.69, 9.17) is 5.73 Å². The summed E-state index contributed by atoms with van der Waals surface area (Å²) >= 11 is 3.30. The first-order valence-corrected chi connectivity index (χ1v) is 5.61. The molecule has 0 atom stereocenters. The highest BCUT2D eigenvalue weighted by atomic mass is 79.9. The van der Waals surface area contributed by atoms with E-state index < -0.39 is 11.7 Å². The largest absolute Gasteiger partial charge is 0.364 e. The van der Waals surface area contributed by atoms with Crippen LogP contribution >= 0.6 is 15.9 Å². The van der Waals surface area contributed by atoms with Gasteiger partial charge in [0.25, 0.3) is 5.91 Å². The van der Waals surface area contributed by atoms with Crippen LogP contribution in [0, 0.1) is 12.7 Å². The number of nitrogens with two attached hydrogens (primary N) is 1. The first-order chi connectivity index (χ1) is 7.16. The summed E-state index contributed by atoms with van der Waals surface area (Å²) in [6.45, 7) is 7.38. The lowest BCUT2D eigenvalue weighted by Crippen LogP contribution is -2.22. The first kappa shape index (κ1) is 13.1. The molecule has 0 saturated carbocycles. The highest BCUT2D eigenvalue weighted by Crippen LogP contribution is 2.32. The molecule has 1 aromatic heterocycles. The van der Waals surface area contributed by atoms with E-state index in [1.165, 1.54) is 0 Å². The Kier molecular flexibility index (Phi) is 3.38. The zero-order chi connectivity index (χ0) is 12.7. The van der Waals surface area contributed by atoms with Gasteiger partial charge < -0.3 is 5.73 Å². The summed E-state index contributed by atoms with van der Waals surface area (Å²) in [6.07, 6.45) is 0. The van der Waals surface area contributed by atoms with Gasteiger partial charge in [0.05, 0.1) is 5.69 Å². The van der Waals surface area contributed by atoms with Gasteiger partial charge in [-0.3, -0.25) is 4.79 Å². The summed E-state index contributed by atoms with van der Waals surface area (Å²) in [5.74, 6) is -1.51. The average molecular weight is 289 g/mol. The van der Waals surface area contributed by atoms with Crippen LogP contribution in [0.15, 0.2) is 4.47 Å². The van der Waals surface area contributed by atoms with Crippen LogP contribution in [-0.4, -0.2) is 10.9 Å². The molecule has 1 heterocycles. The minimum absolute atomic E-state index is 0.290. The van der Waals surface area contributed by atoms with Gasteiger partial charge in [-0.1, -0.05) is 20.8 Å². The van der Waals surface area contributed by atoms with Gasteiger partial charge >= 0.3 is 0 Å². The van der Waals surface area contributed by atoms with Gasteiger partial charge in [-0.05, 0) is 22.9 Å². The molecule has 16 heavy (non-hydrogen) atoms. The molecule has 0 unspecified atom stereocenters. The standard InChI is InChI=1S/C11H14BrFN2O/c1-5-6(12)9(11(2,3)4)15-8(7(5)13)10(14)16/h1-4H3,(H2,14,16). The molecule has 0 fully saturated rings. The lowest BCUT2D eigenvalue weighted by Gasteiger charge is -2.21. The Hall–Kier alpha value is -0.970. The number of carbonyl (C=O) groups excluding carboxylic acids is 1. The summed E-state index contributed by atoms with van der Waals surface area (Å²) in [4.78, 5) is 15.1. The van der Waals surface area contributed by atoms with Crippen LogP contribution in [0.1, 0.15) is 42.5 Å². The molecular weight excluding hydrogens is 275 g/mol. The van der Waals surface area contributed by atoms with Crippen LogP contribution in [0.2, 0.25) is 0 Å². The summed E-state index contributed by atoms with van der Waals surface area (Å²) < 4.78 is 14.3. The third-order valence-electron chi connectivity index (χ3n) is 2.24. The molecule has 88 valence electrons. The number of primary amides is 1. The number of hydrogen-bond acceptors (Lipinski definition) is 2. The van der Waals surface area contributed by atoms with Gasteiger partial charge in [-0.15, -0.1) is 0 Å². The van der Waals surface area contributed by atoms with E-state index in [0.717, 1.165) is 0 Å². The van der Waals surface area contributed by atoms with Crippen LogP contribution in [0.25, 0.3) is 0 Å². The maximum absolute atomic E-state index is 13.7. The van der Waals surface area contributed by atoms with E-state index in [1.807, 2.05) is 20.8 Å². The third-order valence-corrected chi connectivity index (χ3v) is 3.21. The van der Waals surface area contributed by atoms with Crippen LogP contribution in [0.5, 0.6) is 0 Å². The third kappa shape index (κ3) is 2.24. The number of halogens is 2. The molecule has 0 aliphatic rings. The van der Waals surface area contributed by atoms with Gasteiger partial charge in [0, 0.05) is 15.5 Å². The van der Waals surface area contributed by atoms with Crippen LogP contribution < -0.4 is 5.73 Å². The van der Waals surface area contributed by atoms with E-state index in [1.54, 1.807) is 6.92 Å². The van der Waals surface area contributed by atoms with Crippen molar-refractivity contribution in [1.82, 2.24) is 4.98 Å². The number of amides is 1. The van der Waals surface area contributed by atoms with Crippen molar-refractivity contribution in [3.8, 4) is 0 Å². The van der Waals surface area contributed by atoms with Crippen molar-refractivity contribution < 1.29 is 9.18 Å². The zero-order valence-electron chi connectivity index (χ0n) is 9.69. The first-order valence-electron chi connectivity index (χ1n) is 4.82. The smallest absolute Gasteiger partial charge is 0.270 e. The second-order valence-electron chi connectivity index (χ2n) is 4.68. The van der Waals surface area contributed by atoms with Gasteiger partial charge in [-0.2, -0.15) is 0 Å². The lowest BCUT2D eigenvalue weighted by atomic mass is 9.90. The van der Waals surface area contributed by atoms with E-state index >= 15 is 0 Å². The topological polar surface area (TPSA) is 56.0 Å². The molecule has 0 aliphatic carbocycles. The van der Waals surface area contributed by atoms with E-state index in [2.05, 4.69) is 20.9 Å². The summed E-state index contributed by atoms with van der Waals surface area (Å²) in [7, 11) is 0. The average Bonchev–Trinajstić information content (AvgIpc) is 2.11. The second kappa shape index (κ2) is 4.13. The van der Waals surface area contributed by atoms with E-state index in [9.17, 15) is 9.18 Å². The Balaban J connectivity index is 3.61. The fourth-order valence-electron chi connectivity index (χ4n) is 1.32. The quantitative estimate of drug-likeness (QED) is 0.864. The maximum atomic E-state index is 13.7. The highest BCUT2D eigenvalue weighted by Gasteiger charge is 2.25. The van der Waals surface area contributed by atoms with Crippen molar-refractivity contribution >= 4 is 21.8 Å². The SMILES string of the molecule is Cc1c(F)c(C(N)=O)nc(C(C)(C)C)c1Br. The molecule has 1 rings (SSSR count). The fraction of sp³-hybridized carbons (Fsp3) is 0.455. The highest BCUT2D eigenvalue weighted by molar-refractivity contribution is 9.10. The van der Waals surface area contributed by atoms with Crippen molar-refractivity contribution in [3.63, 3.8) is 0 Å². The molecule has 3 nitrogen and oxygen atoms in total. The summed E-state index contributed by atoms with van der Waals surface area (Å²) in [5.41, 5.74) is 5.48. The van der Waals surface area contributed by atoms with Gasteiger partial charge in [0.15, 0.2) is 11.5 Å². The lowest BCUT2D eigenvalue weighted by molar-refractivity contribution is 0.0990. The molecule has 1 aromatic rings. The summed E-state index contributed by atoms with van der Waals surface area (Å²) in [6, 6.07) is 0. The minimum atomic E-state index is -0.849. The molecule has 2 N–H and O–H groups in total. The molecule has 5 heteroatoms. The number of pyridine rings is 1. The number of carbonyl (C=O) groups is 1. The second-order valence-corrected chi connectivity index (χ2v) is 5.47. The number of rotatable bonds is 1. The molecule has 0 bridgehead atoms. The Bertz CT molecular complexity index is 452. The normalized spacial score (nSPS) is 11.6. The van der Waals surface area contributed by atoms with Gasteiger partial charge in [0.2, 0.25) is 0 Å². The Morgan fingerprint density at radius 3 is 2.31 bits per heavy atom. The Morgan fingerprint density at radius 1 is 1.44 bits per heavy atom. The summed E-state index contributed by atoms with van der Waals surface area (Å²) in [5, 5.41) is 0. The number of aromatic nitrogens is 1. The van der Waals surface area contributed by atoms with Crippen molar-refractivity contribution in [2.45, 2.75) is 33.1 Å². The van der Waals surface area contributed by atoms with Crippen molar-refractivity contribution in [2.75, 3.05) is 0 Å². The molecule has 1 amide bonds. The monoisotopic (exact) mass is 288 g/mol. The number of nitrogens with zero attached hydrogens (tertiary/aromatic N) is 1. The molecule has 0 radical (unpaired) electrons. The fourth-order valence-corrected chi connectivity index (χ4v) is 2.18. The van der Waals surface area contributed by atoms with Crippen LogP contribution in [0.4, 0.5) is 4.39 Å². The van der Waals surface area contributed by atoms with E-state index in [0.29, 0.717) is 15.7 Å². The minimum Gasteiger partial charge on any atom is -0.364 e. The van der Waals surface area contributed by atoms with Crippen molar-refractivity contribution in [2.24, 2.45) is 5.73 Å². The molecule has 0 spiro atoms. The van der Waals surface area contributed by atoms with Crippen molar-refractivity contribution in [3.05, 3.63) is 27.2 Å². The van der Waals surface area contributed by atoms with Gasteiger partial charge in [-0.25, -0.2) is 9.37 Å². The van der Waals surface area contributed by atoms with E-state index in [-0.39, 0.29) is 11.1 Å². The van der Waals surface area contributed by atoms with Crippen LogP contribution in [-0.2, 0) is 5.41 Å². The predicted molar refractivity (Wildman–Crippen MR) is 63.8 cm³/mol. The Morgan fingerprint density at radius 2 is 1.94 bits per heavy atom.